The van der Waals surface area contributed by atoms with Gasteiger partial charge >= 0.3 is 5.69 Å². The van der Waals surface area contributed by atoms with Crippen molar-refractivity contribution in [3.8, 4) is 0 Å². The zero-order valence-corrected chi connectivity index (χ0v) is 11.1. The Hall–Kier alpha value is -1.43. The molecule has 1 aliphatic heterocycles. The fourth-order valence-corrected chi connectivity index (χ4v) is 3.31. The van der Waals surface area contributed by atoms with Gasteiger partial charge in [0.15, 0.2) is 0 Å². The van der Waals surface area contributed by atoms with E-state index in [9.17, 15) is 10.1 Å². The Labute approximate surface area is 110 Å². The number of nitro groups is 1. The summed E-state index contributed by atoms with van der Waals surface area (Å²) in [5.41, 5.74) is 1.27. The Kier molecular flexibility index (Phi) is 4.30. The van der Waals surface area contributed by atoms with Crippen molar-refractivity contribution in [2.24, 2.45) is 0 Å². The third-order valence-electron chi connectivity index (χ3n) is 3.03. The number of hydrogen-bond donors (Lipinski definition) is 2. The molecule has 1 aromatic carbocycles. The molecule has 0 aromatic heterocycles. The molecule has 0 saturated carbocycles. The number of anilines is 2. The van der Waals surface area contributed by atoms with Crippen LogP contribution in [0.25, 0.3) is 0 Å². The Morgan fingerprint density at radius 1 is 1.50 bits per heavy atom. The quantitative estimate of drug-likeness (QED) is 0.634. The van der Waals surface area contributed by atoms with E-state index in [0.717, 1.165) is 6.54 Å². The van der Waals surface area contributed by atoms with Gasteiger partial charge in [-0.1, -0.05) is 6.07 Å². The minimum absolute atomic E-state index is 0.128. The van der Waals surface area contributed by atoms with Gasteiger partial charge in [0.05, 0.1) is 4.92 Å². The summed E-state index contributed by atoms with van der Waals surface area (Å²) in [6.45, 7) is 0.790. The van der Waals surface area contributed by atoms with Crippen molar-refractivity contribution in [2.75, 3.05) is 30.0 Å². The third-order valence-corrected chi connectivity index (χ3v) is 4.43. The van der Waals surface area contributed by atoms with Crippen LogP contribution in [0.4, 0.5) is 17.1 Å². The van der Waals surface area contributed by atoms with E-state index in [1.54, 1.807) is 19.2 Å². The van der Waals surface area contributed by atoms with Crippen LogP contribution in [0.3, 0.4) is 0 Å². The van der Waals surface area contributed by atoms with Crippen LogP contribution in [-0.4, -0.2) is 29.5 Å². The van der Waals surface area contributed by atoms with E-state index in [1.165, 1.54) is 18.6 Å². The van der Waals surface area contributed by atoms with E-state index in [1.807, 2.05) is 17.8 Å². The summed E-state index contributed by atoms with van der Waals surface area (Å²) in [7, 11) is 1.69. The Balaban J connectivity index is 2.13. The summed E-state index contributed by atoms with van der Waals surface area (Å²) in [5, 5.41) is 17.8. The van der Waals surface area contributed by atoms with Gasteiger partial charge in [-0.25, -0.2) is 0 Å². The largest absolute Gasteiger partial charge is 0.382 e. The number of para-hydroxylation sites is 1. The highest BCUT2D eigenvalue weighted by Gasteiger charge is 2.21. The van der Waals surface area contributed by atoms with Gasteiger partial charge in [-0.15, -0.1) is 0 Å². The van der Waals surface area contributed by atoms with E-state index in [0.29, 0.717) is 16.6 Å². The van der Waals surface area contributed by atoms with Crippen LogP contribution in [0, 0.1) is 10.1 Å². The van der Waals surface area contributed by atoms with Crippen LogP contribution in [0.1, 0.15) is 12.8 Å². The molecule has 2 N–H and O–H groups in total. The van der Waals surface area contributed by atoms with Gasteiger partial charge in [0.25, 0.3) is 0 Å². The van der Waals surface area contributed by atoms with E-state index in [-0.39, 0.29) is 10.6 Å². The minimum Gasteiger partial charge on any atom is -0.382 e. The SMILES string of the molecule is CNc1cccc(NCC2CCCS2)c1[N+](=O)[O-]. The number of hydrogen-bond acceptors (Lipinski definition) is 5. The topological polar surface area (TPSA) is 67.2 Å². The molecule has 0 amide bonds. The zero-order valence-electron chi connectivity index (χ0n) is 10.3. The first kappa shape index (κ1) is 13.0. The lowest BCUT2D eigenvalue weighted by Gasteiger charge is -2.13. The van der Waals surface area contributed by atoms with E-state index >= 15 is 0 Å². The lowest BCUT2D eigenvalue weighted by molar-refractivity contribution is -0.383. The first-order valence-corrected chi connectivity index (χ1v) is 7.08. The summed E-state index contributed by atoms with van der Waals surface area (Å²) in [5.74, 6) is 1.20. The van der Waals surface area contributed by atoms with E-state index < -0.39 is 0 Å². The minimum atomic E-state index is -0.337. The molecule has 1 atom stereocenters. The number of nitro benzene ring substituents is 1. The van der Waals surface area contributed by atoms with Crippen molar-refractivity contribution < 1.29 is 4.92 Å². The monoisotopic (exact) mass is 267 g/mol. The molecule has 6 heteroatoms. The second kappa shape index (κ2) is 5.95. The van der Waals surface area contributed by atoms with Crippen molar-refractivity contribution in [1.29, 1.82) is 0 Å². The van der Waals surface area contributed by atoms with Gasteiger partial charge in [0, 0.05) is 18.8 Å². The number of nitrogens with one attached hydrogen (secondary N) is 2. The third kappa shape index (κ3) is 2.87. The molecule has 1 heterocycles. The molecule has 5 nitrogen and oxygen atoms in total. The molecule has 0 spiro atoms. The first-order chi connectivity index (χ1) is 8.72. The number of thioether (sulfide) groups is 1. The molecular weight excluding hydrogens is 250 g/mol. The Morgan fingerprint density at radius 2 is 2.28 bits per heavy atom. The first-order valence-electron chi connectivity index (χ1n) is 6.03. The second-order valence-electron chi connectivity index (χ2n) is 4.22. The van der Waals surface area contributed by atoms with Crippen LogP contribution in [0.15, 0.2) is 18.2 Å². The molecule has 98 valence electrons. The van der Waals surface area contributed by atoms with Gasteiger partial charge in [0.1, 0.15) is 11.4 Å². The fourth-order valence-electron chi connectivity index (χ4n) is 2.11. The van der Waals surface area contributed by atoms with Crippen LogP contribution in [-0.2, 0) is 0 Å². The van der Waals surface area contributed by atoms with Crippen LogP contribution in [0.2, 0.25) is 0 Å². The molecule has 1 fully saturated rings. The predicted molar refractivity (Wildman–Crippen MR) is 76.6 cm³/mol. The fraction of sp³-hybridized carbons (Fsp3) is 0.500. The van der Waals surface area contributed by atoms with Crippen LogP contribution in [0.5, 0.6) is 0 Å². The zero-order chi connectivity index (χ0) is 13.0. The van der Waals surface area contributed by atoms with E-state index in [4.69, 9.17) is 0 Å². The average molecular weight is 267 g/mol. The van der Waals surface area contributed by atoms with Gasteiger partial charge in [-0.05, 0) is 30.7 Å². The molecule has 0 aliphatic carbocycles. The molecule has 1 aliphatic rings. The molecule has 2 rings (SSSR count). The summed E-state index contributed by atoms with van der Waals surface area (Å²) < 4.78 is 0. The van der Waals surface area contributed by atoms with Crippen molar-refractivity contribution in [1.82, 2.24) is 0 Å². The highest BCUT2D eigenvalue weighted by molar-refractivity contribution is 8.00. The van der Waals surface area contributed by atoms with Crippen molar-refractivity contribution in [3.05, 3.63) is 28.3 Å². The molecule has 1 saturated heterocycles. The maximum absolute atomic E-state index is 11.1. The Morgan fingerprint density at radius 3 is 2.89 bits per heavy atom. The highest BCUT2D eigenvalue weighted by Crippen LogP contribution is 2.33. The smallest absolute Gasteiger partial charge is 0.315 e. The number of benzene rings is 1. The van der Waals surface area contributed by atoms with Crippen molar-refractivity contribution in [2.45, 2.75) is 18.1 Å². The maximum Gasteiger partial charge on any atom is 0.315 e. The van der Waals surface area contributed by atoms with Crippen LogP contribution < -0.4 is 10.6 Å². The van der Waals surface area contributed by atoms with Crippen molar-refractivity contribution in [3.63, 3.8) is 0 Å². The summed E-state index contributed by atoms with van der Waals surface area (Å²) in [6, 6.07) is 5.30. The summed E-state index contributed by atoms with van der Waals surface area (Å²) in [4.78, 5) is 10.8. The normalized spacial score (nSPS) is 18.6. The summed E-state index contributed by atoms with van der Waals surface area (Å²) in [6.07, 6.45) is 2.44. The van der Waals surface area contributed by atoms with Crippen LogP contribution >= 0.6 is 11.8 Å². The molecule has 18 heavy (non-hydrogen) atoms. The molecule has 1 aromatic rings. The predicted octanol–water partition coefficient (Wildman–Crippen LogP) is 2.94. The van der Waals surface area contributed by atoms with Gasteiger partial charge in [0.2, 0.25) is 0 Å². The van der Waals surface area contributed by atoms with Gasteiger partial charge < -0.3 is 10.6 Å². The molecule has 1 unspecified atom stereocenters. The second-order valence-corrected chi connectivity index (χ2v) is 5.63. The maximum atomic E-state index is 11.1. The molecule has 0 radical (unpaired) electrons. The van der Waals surface area contributed by atoms with Gasteiger partial charge in [-0.3, -0.25) is 10.1 Å². The van der Waals surface area contributed by atoms with Gasteiger partial charge in [-0.2, -0.15) is 11.8 Å². The number of rotatable bonds is 5. The summed E-state index contributed by atoms with van der Waals surface area (Å²) >= 11 is 1.94. The highest BCUT2D eigenvalue weighted by atomic mass is 32.2. The standard InChI is InChI=1S/C12H17N3O2S/c1-13-10-5-2-6-11(12(10)15(16)17)14-8-9-4-3-7-18-9/h2,5-6,9,13-14H,3-4,7-8H2,1H3. The lowest BCUT2D eigenvalue weighted by atomic mass is 10.2. The molecule has 0 bridgehead atoms. The average Bonchev–Trinajstić information content (AvgIpc) is 2.88. The molecular formula is C12H17N3O2S. The Bertz CT molecular complexity index is 433. The lowest BCUT2D eigenvalue weighted by Crippen LogP contribution is -2.14. The van der Waals surface area contributed by atoms with E-state index in [2.05, 4.69) is 10.6 Å². The van der Waals surface area contributed by atoms with Crippen molar-refractivity contribution >= 4 is 28.8 Å². The number of nitrogens with zero attached hydrogens (tertiary/aromatic N) is 1.